The van der Waals surface area contributed by atoms with Gasteiger partial charge < -0.3 is 10.0 Å². The molecule has 0 aromatic heterocycles. The van der Waals surface area contributed by atoms with Gasteiger partial charge in [0.1, 0.15) is 11.4 Å². The average molecular weight is 518 g/mol. The second-order valence-corrected chi connectivity index (χ2v) is 7.70. The van der Waals surface area contributed by atoms with Gasteiger partial charge in [-0.15, -0.1) is 0 Å². The van der Waals surface area contributed by atoms with Crippen LogP contribution < -0.4 is 0 Å². The number of carbonyl (C=O) groups excluding carboxylic acids is 1. The molecular formula is C20H14Br2N4O3. The number of carbonyl (C=O) groups is 1. The standard InChI is InChI=1S/C20H14Br2N4O3/c1-12(27)29-26-20(16-8-4-14(11-24)5-9-16)18(22)17(21)19(25-28)15-6-2-13(10-23)3-7-15/h2-9,17-18,28H,1H3/b25-19+,26-20+. The van der Waals surface area contributed by atoms with E-state index in [1.807, 2.05) is 12.1 Å². The van der Waals surface area contributed by atoms with Crippen LogP contribution in [-0.2, 0) is 9.63 Å². The Morgan fingerprint density at radius 2 is 1.34 bits per heavy atom. The van der Waals surface area contributed by atoms with Crippen molar-refractivity contribution in [3.63, 3.8) is 0 Å². The van der Waals surface area contributed by atoms with Crippen LogP contribution in [0.3, 0.4) is 0 Å². The predicted molar refractivity (Wildman–Crippen MR) is 114 cm³/mol. The van der Waals surface area contributed by atoms with Crippen LogP contribution in [0.15, 0.2) is 58.8 Å². The summed E-state index contributed by atoms with van der Waals surface area (Å²) in [4.78, 5) is 14.9. The Morgan fingerprint density at radius 3 is 1.72 bits per heavy atom. The summed E-state index contributed by atoms with van der Waals surface area (Å²) in [6.45, 7) is 1.23. The molecule has 0 aliphatic rings. The highest BCUT2D eigenvalue weighted by Gasteiger charge is 2.29. The van der Waals surface area contributed by atoms with Crippen LogP contribution in [0.25, 0.3) is 0 Å². The zero-order chi connectivity index (χ0) is 21.4. The number of oxime groups is 2. The summed E-state index contributed by atoms with van der Waals surface area (Å²) in [5, 5.41) is 34.8. The van der Waals surface area contributed by atoms with Gasteiger partial charge in [0.05, 0.1) is 32.9 Å². The third kappa shape index (κ3) is 5.74. The van der Waals surface area contributed by atoms with Crippen LogP contribution in [0, 0.1) is 22.7 Å². The van der Waals surface area contributed by atoms with Gasteiger partial charge in [-0.1, -0.05) is 66.4 Å². The number of halogens is 2. The molecule has 7 nitrogen and oxygen atoms in total. The number of hydrogen-bond acceptors (Lipinski definition) is 7. The van der Waals surface area contributed by atoms with E-state index in [0.29, 0.717) is 28.0 Å². The lowest BCUT2D eigenvalue weighted by Gasteiger charge is -2.20. The number of rotatable bonds is 6. The molecule has 0 spiro atoms. The molecule has 0 bridgehead atoms. The molecule has 146 valence electrons. The zero-order valence-corrected chi connectivity index (χ0v) is 18.3. The van der Waals surface area contributed by atoms with Gasteiger partial charge in [0.2, 0.25) is 0 Å². The largest absolute Gasteiger partial charge is 0.411 e. The van der Waals surface area contributed by atoms with Gasteiger partial charge >= 0.3 is 5.97 Å². The maximum Gasteiger partial charge on any atom is 0.331 e. The van der Waals surface area contributed by atoms with Gasteiger partial charge in [-0.25, -0.2) is 4.79 Å². The van der Waals surface area contributed by atoms with Crippen molar-refractivity contribution in [1.29, 1.82) is 10.5 Å². The molecule has 0 fully saturated rings. The molecule has 2 unspecified atom stereocenters. The molecule has 0 heterocycles. The first kappa shape index (κ1) is 22.3. The Bertz CT molecular complexity index is 1020. The number of nitrogens with zero attached hydrogens (tertiary/aromatic N) is 4. The molecule has 2 aromatic carbocycles. The van der Waals surface area contributed by atoms with E-state index >= 15 is 0 Å². The molecular weight excluding hydrogens is 504 g/mol. The normalized spacial score (nSPS) is 13.7. The first-order valence-corrected chi connectivity index (χ1v) is 10.0. The zero-order valence-electron chi connectivity index (χ0n) is 15.1. The van der Waals surface area contributed by atoms with Crippen LogP contribution in [-0.4, -0.2) is 32.3 Å². The van der Waals surface area contributed by atoms with Gasteiger partial charge in [-0.05, 0) is 24.3 Å². The van der Waals surface area contributed by atoms with E-state index in [9.17, 15) is 10.0 Å². The molecule has 1 N–H and O–H groups in total. The monoisotopic (exact) mass is 516 g/mol. The summed E-state index contributed by atoms with van der Waals surface area (Å²) in [7, 11) is 0. The Balaban J connectivity index is 2.40. The fourth-order valence-corrected chi connectivity index (χ4v) is 3.56. The molecule has 0 saturated heterocycles. The molecule has 2 rings (SSSR count). The second-order valence-electron chi connectivity index (χ2n) is 5.73. The fraction of sp³-hybridized carbons (Fsp3) is 0.150. The van der Waals surface area contributed by atoms with Gasteiger partial charge in [-0.3, -0.25) is 0 Å². The molecule has 0 aliphatic heterocycles. The van der Waals surface area contributed by atoms with Crippen molar-refractivity contribution in [2.75, 3.05) is 0 Å². The lowest BCUT2D eigenvalue weighted by Crippen LogP contribution is -2.32. The smallest absolute Gasteiger partial charge is 0.331 e. The van der Waals surface area contributed by atoms with Crippen LogP contribution in [0.1, 0.15) is 29.2 Å². The van der Waals surface area contributed by atoms with Crippen molar-refractivity contribution in [1.82, 2.24) is 0 Å². The lowest BCUT2D eigenvalue weighted by molar-refractivity contribution is -0.140. The number of alkyl halides is 2. The summed E-state index contributed by atoms with van der Waals surface area (Å²) in [6, 6.07) is 17.2. The van der Waals surface area contributed by atoms with E-state index in [-0.39, 0.29) is 5.71 Å². The Kier molecular flexibility index (Phi) is 8.08. The van der Waals surface area contributed by atoms with E-state index < -0.39 is 15.6 Å². The van der Waals surface area contributed by atoms with Gasteiger partial charge in [-0.2, -0.15) is 10.5 Å². The van der Waals surface area contributed by atoms with Crippen molar-refractivity contribution in [2.45, 2.75) is 16.6 Å². The second kappa shape index (κ2) is 10.5. The Labute approximate surface area is 184 Å². The quantitative estimate of drug-likeness (QED) is 0.203. The molecule has 9 heteroatoms. The predicted octanol–water partition coefficient (Wildman–Crippen LogP) is 4.10. The summed E-state index contributed by atoms with van der Waals surface area (Å²) in [5.74, 6) is -0.592. The van der Waals surface area contributed by atoms with Crippen LogP contribution in [0.5, 0.6) is 0 Å². The van der Waals surface area contributed by atoms with E-state index in [2.05, 4.69) is 42.2 Å². The minimum absolute atomic E-state index is 0.278. The Hall–Kier alpha value is -3.01. The van der Waals surface area contributed by atoms with Crippen molar-refractivity contribution in [2.24, 2.45) is 10.3 Å². The van der Waals surface area contributed by atoms with E-state index in [1.165, 1.54) is 6.92 Å². The van der Waals surface area contributed by atoms with Gasteiger partial charge in [0.25, 0.3) is 0 Å². The molecule has 0 radical (unpaired) electrons. The number of nitriles is 2. The topological polar surface area (TPSA) is 119 Å². The lowest BCUT2D eigenvalue weighted by atomic mass is 9.99. The molecule has 29 heavy (non-hydrogen) atoms. The molecule has 2 aromatic rings. The molecule has 0 amide bonds. The molecule has 0 saturated carbocycles. The minimum atomic E-state index is -0.592. The van der Waals surface area contributed by atoms with Crippen LogP contribution in [0.4, 0.5) is 0 Å². The highest BCUT2D eigenvalue weighted by molar-refractivity contribution is 9.12. The maximum atomic E-state index is 11.3. The fourth-order valence-electron chi connectivity index (χ4n) is 2.36. The summed E-state index contributed by atoms with van der Waals surface area (Å²) >= 11 is 7.02. The van der Waals surface area contributed by atoms with Crippen LogP contribution in [0.2, 0.25) is 0 Å². The van der Waals surface area contributed by atoms with E-state index in [1.54, 1.807) is 48.5 Å². The molecule has 2 atom stereocenters. The van der Waals surface area contributed by atoms with E-state index in [0.717, 1.165) is 0 Å². The first-order valence-electron chi connectivity index (χ1n) is 8.18. The Morgan fingerprint density at radius 1 is 0.931 bits per heavy atom. The van der Waals surface area contributed by atoms with Crippen molar-refractivity contribution < 1.29 is 14.8 Å². The number of benzene rings is 2. The van der Waals surface area contributed by atoms with Crippen molar-refractivity contribution in [3.05, 3.63) is 70.8 Å². The third-order valence-electron chi connectivity index (χ3n) is 3.78. The van der Waals surface area contributed by atoms with Crippen molar-refractivity contribution >= 4 is 49.3 Å². The molecule has 0 aliphatic carbocycles. The minimum Gasteiger partial charge on any atom is -0.411 e. The third-order valence-corrected chi connectivity index (χ3v) is 6.41. The van der Waals surface area contributed by atoms with E-state index in [4.69, 9.17) is 15.4 Å². The summed E-state index contributed by atoms with van der Waals surface area (Å²) < 4.78 is 0. The highest BCUT2D eigenvalue weighted by atomic mass is 79.9. The maximum absolute atomic E-state index is 11.3. The average Bonchev–Trinajstić information content (AvgIpc) is 2.74. The highest BCUT2D eigenvalue weighted by Crippen LogP contribution is 2.25. The summed E-state index contributed by atoms with van der Waals surface area (Å²) in [6.07, 6.45) is 0. The van der Waals surface area contributed by atoms with Gasteiger partial charge in [0, 0.05) is 18.1 Å². The van der Waals surface area contributed by atoms with Crippen molar-refractivity contribution in [3.8, 4) is 12.1 Å². The van der Waals surface area contributed by atoms with Crippen LogP contribution >= 0.6 is 31.9 Å². The number of hydrogen-bond donors (Lipinski definition) is 1. The van der Waals surface area contributed by atoms with Gasteiger partial charge in [0.15, 0.2) is 0 Å². The summed E-state index contributed by atoms with van der Waals surface area (Å²) in [5.41, 5.74) is 2.76. The first-order chi connectivity index (χ1) is 13.9. The SMILES string of the molecule is CC(=O)O/N=C(\c1ccc(C#N)cc1)C(Br)C(Br)/C(=N/O)c1ccc(C#N)cc1.